The first kappa shape index (κ1) is 19.7. The number of carbonyl (C=O) groups excluding carboxylic acids is 1. The molecule has 1 aliphatic heterocycles. The molecule has 5 nitrogen and oxygen atoms in total. The van der Waals surface area contributed by atoms with Gasteiger partial charge in [-0.15, -0.1) is 0 Å². The Hall–Kier alpha value is -2.08. The van der Waals surface area contributed by atoms with Gasteiger partial charge < -0.3 is 20.1 Å². The fourth-order valence-electron chi connectivity index (χ4n) is 2.98. The van der Waals surface area contributed by atoms with E-state index in [1.165, 1.54) is 0 Å². The van der Waals surface area contributed by atoms with Gasteiger partial charge in [0.2, 0.25) is 0 Å². The van der Waals surface area contributed by atoms with Crippen molar-refractivity contribution in [1.82, 2.24) is 5.32 Å². The highest BCUT2D eigenvalue weighted by Gasteiger charge is 2.15. The molecular weight excluding hydrogens is 364 g/mol. The predicted molar refractivity (Wildman–Crippen MR) is 107 cm³/mol. The number of benzene rings is 2. The van der Waals surface area contributed by atoms with Crippen molar-refractivity contribution in [3.05, 3.63) is 58.6 Å². The van der Waals surface area contributed by atoms with Gasteiger partial charge >= 0.3 is 0 Å². The van der Waals surface area contributed by atoms with Crippen LogP contribution in [0.15, 0.2) is 42.5 Å². The Morgan fingerprint density at radius 1 is 1.26 bits per heavy atom. The summed E-state index contributed by atoms with van der Waals surface area (Å²) >= 11 is 6.12. The van der Waals surface area contributed by atoms with Crippen LogP contribution in [0.1, 0.15) is 24.0 Å². The van der Waals surface area contributed by atoms with Crippen LogP contribution in [-0.4, -0.2) is 31.8 Å². The summed E-state index contributed by atoms with van der Waals surface area (Å²) in [5.74, 6) is 0.449. The number of hydrogen-bond acceptors (Lipinski definition) is 4. The molecule has 1 aliphatic rings. The highest BCUT2D eigenvalue weighted by atomic mass is 35.5. The van der Waals surface area contributed by atoms with Gasteiger partial charge in [0.05, 0.1) is 6.10 Å². The lowest BCUT2D eigenvalue weighted by atomic mass is 10.2. The Kier molecular flexibility index (Phi) is 7.10. The number of amides is 1. The first-order valence-corrected chi connectivity index (χ1v) is 9.58. The fraction of sp³-hybridized carbons (Fsp3) is 0.381. The van der Waals surface area contributed by atoms with Crippen molar-refractivity contribution < 1.29 is 14.3 Å². The van der Waals surface area contributed by atoms with Crippen molar-refractivity contribution in [3.8, 4) is 5.75 Å². The van der Waals surface area contributed by atoms with E-state index in [0.717, 1.165) is 42.8 Å². The van der Waals surface area contributed by atoms with Gasteiger partial charge in [-0.2, -0.15) is 0 Å². The van der Waals surface area contributed by atoms with E-state index in [2.05, 4.69) is 10.6 Å². The van der Waals surface area contributed by atoms with Crippen molar-refractivity contribution in [2.45, 2.75) is 32.4 Å². The lowest BCUT2D eigenvalue weighted by Gasteiger charge is -2.14. The summed E-state index contributed by atoms with van der Waals surface area (Å²) in [7, 11) is 0. The van der Waals surface area contributed by atoms with E-state index in [-0.39, 0.29) is 18.6 Å². The minimum atomic E-state index is -0.202. The van der Waals surface area contributed by atoms with Crippen LogP contribution in [0.2, 0.25) is 5.02 Å². The highest BCUT2D eigenvalue weighted by Crippen LogP contribution is 2.23. The third kappa shape index (κ3) is 6.24. The molecule has 0 aliphatic carbocycles. The van der Waals surface area contributed by atoms with Gasteiger partial charge in [-0.05, 0) is 50.1 Å². The second-order valence-electron chi connectivity index (χ2n) is 6.72. The van der Waals surface area contributed by atoms with Crippen LogP contribution in [0.5, 0.6) is 5.75 Å². The van der Waals surface area contributed by atoms with Crippen LogP contribution < -0.4 is 15.4 Å². The van der Waals surface area contributed by atoms with Crippen molar-refractivity contribution >= 4 is 23.2 Å². The molecule has 1 heterocycles. The normalized spacial score (nSPS) is 16.3. The summed E-state index contributed by atoms with van der Waals surface area (Å²) in [6.07, 6.45) is 2.48. The standard InChI is InChI=1S/C21H25ClN2O3/c1-15-4-7-18(8-5-15)24-21(25)14-27-20-9-6-17(22)11-16(20)12-23-13-19-3-2-10-26-19/h4-9,11,19,23H,2-3,10,12-14H2,1H3,(H,24,25)/t19-/m0/s1. The Bertz CT molecular complexity index is 759. The average molecular weight is 389 g/mol. The van der Waals surface area contributed by atoms with Crippen molar-refractivity contribution in [2.24, 2.45) is 0 Å². The lowest BCUT2D eigenvalue weighted by molar-refractivity contribution is -0.118. The Morgan fingerprint density at radius 2 is 2.07 bits per heavy atom. The molecule has 0 spiro atoms. The van der Waals surface area contributed by atoms with Gasteiger partial charge in [0.25, 0.3) is 5.91 Å². The first-order valence-electron chi connectivity index (χ1n) is 9.20. The van der Waals surface area contributed by atoms with E-state index in [1.807, 2.05) is 37.3 Å². The molecule has 1 saturated heterocycles. The molecule has 6 heteroatoms. The molecule has 1 fully saturated rings. The Balaban J connectivity index is 1.52. The van der Waals surface area contributed by atoms with E-state index >= 15 is 0 Å². The number of aryl methyl sites for hydroxylation is 1. The summed E-state index contributed by atoms with van der Waals surface area (Å²) in [5, 5.41) is 6.85. The predicted octanol–water partition coefficient (Wildman–Crippen LogP) is 3.93. The van der Waals surface area contributed by atoms with E-state index in [4.69, 9.17) is 21.1 Å². The SMILES string of the molecule is Cc1ccc(NC(=O)COc2ccc(Cl)cc2CNC[C@@H]2CCCO2)cc1. The number of hydrogen-bond donors (Lipinski definition) is 2. The molecule has 2 aromatic rings. The Morgan fingerprint density at radius 3 is 2.81 bits per heavy atom. The zero-order valence-electron chi connectivity index (χ0n) is 15.5. The number of ether oxygens (including phenoxy) is 2. The molecule has 0 aromatic heterocycles. The van der Waals surface area contributed by atoms with Crippen LogP contribution in [0, 0.1) is 6.92 Å². The van der Waals surface area contributed by atoms with Crippen molar-refractivity contribution in [2.75, 3.05) is 25.1 Å². The number of rotatable bonds is 8. The number of nitrogens with one attached hydrogen (secondary N) is 2. The zero-order chi connectivity index (χ0) is 19.1. The largest absolute Gasteiger partial charge is 0.483 e. The highest BCUT2D eigenvalue weighted by molar-refractivity contribution is 6.30. The van der Waals surface area contributed by atoms with Gasteiger partial charge in [0.15, 0.2) is 6.61 Å². The van der Waals surface area contributed by atoms with E-state index in [1.54, 1.807) is 12.1 Å². The van der Waals surface area contributed by atoms with Crippen LogP contribution >= 0.6 is 11.6 Å². The summed E-state index contributed by atoms with van der Waals surface area (Å²) in [4.78, 5) is 12.1. The Labute approximate surface area is 165 Å². The van der Waals surface area contributed by atoms with Crippen LogP contribution in [0.4, 0.5) is 5.69 Å². The summed E-state index contributed by atoms with van der Waals surface area (Å²) in [6, 6.07) is 13.1. The second kappa shape index (κ2) is 9.74. The molecule has 0 unspecified atom stereocenters. The van der Waals surface area contributed by atoms with Gasteiger partial charge in [0.1, 0.15) is 5.75 Å². The topological polar surface area (TPSA) is 59.6 Å². The maximum absolute atomic E-state index is 12.1. The molecule has 27 heavy (non-hydrogen) atoms. The number of anilines is 1. The molecule has 1 atom stereocenters. The lowest BCUT2D eigenvalue weighted by Crippen LogP contribution is -2.26. The van der Waals surface area contributed by atoms with Crippen molar-refractivity contribution in [1.29, 1.82) is 0 Å². The van der Waals surface area contributed by atoms with Crippen LogP contribution in [0.25, 0.3) is 0 Å². The maximum Gasteiger partial charge on any atom is 0.262 e. The minimum absolute atomic E-state index is 0.0613. The van der Waals surface area contributed by atoms with Crippen molar-refractivity contribution in [3.63, 3.8) is 0 Å². The monoisotopic (exact) mass is 388 g/mol. The third-order valence-electron chi connectivity index (χ3n) is 4.43. The summed E-state index contributed by atoms with van der Waals surface area (Å²) in [6.45, 7) is 4.18. The molecular formula is C21H25ClN2O3. The average Bonchev–Trinajstić information content (AvgIpc) is 3.16. The maximum atomic E-state index is 12.1. The number of carbonyl (C=O) groups is 1. The van der Waals surface area contributed by atoms with Gasteiger partial charge in [-0.1, -0.05) is 29.3 Å². The van der Waals surface area contributed by atoms with Gasteiger partial charge in [0, 0.05) is 36.0 Å². The van der Waals surface area contributed by atoms with E-state index in [0.29, 0.717) is 17.3 Å². The van der Waals surface area contributed by atoms with E-state index < -0.39 is 0 Å². The summed E-state index contributed by atoms with van der Waals surface area (Å²) in [5.41, 5.74) is 2.82. The molecule has 2 N–H and O–H groups in total. The molecule has 1 amide bonds. The summed E-state index contributed by atoms with van der Waals surface area (Å²) < 4.78 is 11.3. The smallest absolute Gasteiger partial charge is 0.262 e. The molecule has 144 valence electrons. The zero-order valence-corrected chi connectivity index (χ0v) is 16.2. The molecule has 2 aromatic carbocycles. The molecule has 0 bridgehead atoms. The fourth-order valence-corrected chi connectivity index (χ4v) is 3.17. The number of halogens is 1. The van der Waals surface area contributed by atoms with Crippen LogP contribution in [0.3, 0.4) is 0 Å². The first-order chi connectivity index (χ1) is 13.1. The third-order valence-corrected chi connectivity index (χ3v) is 4.66. The van der Waals surface area contributed by atoms with Gasteiger partial charge in [-0.25, -0.2) is 0 Å². The van der Waals surface area contributed by atoms with Crippen LogP contribution in [-0.2, 0) is 16.1 Å². The second-order valence-corrected chi connectivity index (χ2v) is 7.16. The molecule has 3 rings (SSSR count). The minimum Gasteiger partial charge on any atom is -0.483 e. The quantitative estimate of drug-likeness (QED) is 0.719. The van der Waals surface area contributed by atoms with Gasteiger partial charge in [-0.3, -0.25) is 4.79 Å². The van der Waals surface area contributed by atoms with E-state index in [9.17, 15) is 4.79 Å². The molecule has 0 saturated carbocycles. The molecule has 0 radical (unpaired) electrons.